The third kappa shape index (κ3) is 4.31. The summed E-state index contributed by atoms with van der Waals surface area (Å²) in [7, 11) is 1.81. The summed E-state index contributed by atoms with van der Waals surface area (Å²) in [5, 5.41) is 2.67. The van der Waals surface area contributed by atoms with Crippen molar-refractivity contribution in [1.29, 1.82) is 0 Å². The molecule has 1 unspecified atom stereocenters. The summed E-state index contributed by atoms with van der Waals surface area (Å²) in [5.41, 5.74) is 1.13. The minimum Gasteiger partial charge on any atom is -0.444 e. The summed E-state index contributed by atoms with van der Waals surface area (Å²) in [6.07, 6.45) is -0.362. The standard InChI is InChI=1S/C17H23N3O3/c1-11(18-16(22)23-17(2,3)4)10-14(21)15-19-12-8-6-7-9-13(12)20(15)5/h6-9,11H,10H2,1-5H3,(H,18,22). The SMILES string of the molecule is CC(CC(=O)c1nc2ccccc2n1C)NC(=O)OC(C)(C)C. The molecule has 23 heavy (non-hydrogen) atoms. The highest BCUT2D eigenvalue weighted by Gasteiger charge is 2.21. The number of ketones is 1. The van der Waals surface area contributed by atoms with Crippen molar-refractivity contribution in [3.63, 3.8) is 0 Å². The van der Waals surface area contributed by atoms with Gasteiger partial charge in [0.05, 0.1) is 11.0 Å². The molecule has 2 rings (SSSR count). The van der Waals surface area contributed by atoms with Gasteiger partial charge in [0.15, 0.2) is 11.6 Å². The number of fused-ring (bicyclic) bond motifs is 1. The summed E-state index contributed by atoms with van der Waals surface area (Å²) < 4.78 is 6.96. The smallest absolute Gasteiger partial charge is 0.407 e. The zero-order valence-electron chi connectivity index (χ0n) is 14.2. The molecule has 0 saturated carbocycles. The fraction of sp³-hybridized carbons (Fsp3) is 0.471. The number of carbonyl (C=O) groups excluding carboxylic acids is 2. The molecular formula is C17H23N3O3. The van der Waals surface area contributed by atoms with Crippen molar-refractivity contribution in [2.45, 2.75) is 45.8 Å². The van der Waals surface area contributed by atoms with Gasteiger partial charge in [-0.05, 0) is 39.8 Å². The van der Waals surface area contributed by atoms with Crippen molar-refractivity contribution in [3.8, 4) is 0 Å². The number of nitrogens with zero attached hydrogens (tertiary/aromatic N) is 2. The van der Waals surface area contributed by atoms with Crippen molar-refractivity contribution in [3.05, 3.63) is 30.1 Å². The summed E-state index contributed by atoms with van der Waals surface area (Å²) >= 11 is 0. The van der Waals surface area contributed by atoms with Gasteiger partial charge in [0, 0.05) is 19.5 Å². The normalized spacial score (nSPS) is 12.9. The van der Waals surface area contributed by atoms with E-state index in [-0.39, 0.29) is 18.2 Å². The Hall–Kier alpha value is -2.37. The zero-order valence-corrected chi connectivity index (χ0v) is 14.2. The number of amides is 1. The van der Waals surface area contributed by atoms with Gasteiger partial charge in [-0.15, -0.1) is 0 Å². The van der Waals surface area contributed by atoms with Crippen molar-refractivity contribution in [2.75, 3.05) is 0 Å². The Kier molecular flexibility index (Phi) is 4.73. The fourth-order valence-electron chi connectivity index (χ4n) is 2.32. The third-order valence-electron chi connectivity index (χ3n) is 3.29. The van der Waals surface area contributed by atoms with E-state index in [9.17, 15) is 9.59 Å². The predicted molar refractivity (Wildman–Crippen MR) is 88.5 cm³/mol. The molecule has 124 valence electrons. The van der Waals surface area contributed by atoms with Crippen LogP contribution in [0.15, 0.2) is 24.3 Å². The van der Waals surface area contributed by atoms with Crippen LogP contribution in [0.2, 0.25) is 0 Å². The number of ether oxygens (including phenoxy) is 1. The van der Waals surface area contributed by atoms with Gasteiger partial charge in [-0.3, -0.25) is 4.79 Å². The quantitative estimate of drug-likeness (QED) is 0.880. The van der Waals surface area contributed by atoms with Gasteiger partial charge in [0.1, 0.15) is 5.60 Å². The Morgan fingerprint density at radius 3 is 2.57 bits per heavy atom. The average Bonchev–Trinajstić information content (AvgIpc) is 2.74. The predicted octanol–water partition coefficient (Wildman–Crippen LogP) is 3.06. The fourth-order valence-corrected chi connectivity index (χ4v) is 2.32. The molecule has 6 nitrogen and oxygen atoms in total. The molecule has 1 atom stereocenters. The van der Waals surface area contributed by atoms with Crippen molar-refractivity contribution >= 4 is 22.9 Å². The van der Waals surface area contributed by atoms with Crippen molar-refractivity contribution in [2.24, 2.45) is 7.05 Å². The Morgan fingerprint density at radius 2 is 1.96 bits per heavy atom. The first kappa shape index (κ1) is 17.0. The molecule has 2 aromatic rings. The van der Waals surface area contributed by atoms with Gasteiger partial charge in [-0.1, -0.05) is 12.1 Å². The molecule has 0 fully saturated rings. The summed E-state index contributed by atoms with van der Waals surface area (Å²) in [6.45, 7) is 7.15. The maximum atomic E-state index is 12.4. The Bertz CT molecular complexity index is 728. The lowest BCUT2D eigenvalue weighted by Gasteiger charge is -2.21. The number of hydrogen-bond donors (Lipinski definition) is 1. The van der Waals surface area contributed by atoms with Crippen LogP contribution < -0.4 is 5.32 Å². The highest BCUT2D eigenvalue weighted by molar-refractivity contribution is 5.96. The van der Waals surface area contributed by atoms with E-state index in [2.05, 4.69) is 10.3 Å². The van der Waals surface area contributed by atoms with E-state index in [4.69, 9.17) is 4.74 Å². The molecule has 0 bridgehead atoms. The minimum atomic E-state index is -0.564. The number of imidazole rings is 1. The first-order valence-electron chi connectivity index (χ1n) is 7.61. The van der Waals surface area contributed by atoms with Crippen LogP contribution in [0.5, 0.6) is 0 Å². The Labute approximate surface area is 135 Å². The largest absolute Gasteiger partial charge is 0.444 e. The molecule has 1 N–H and O–H groups in total. The van der Waals surface area contributed by atoms with Crippen LogP contribution >= 0.6 is 0 Å². The van der Waals surface area contributed by atoms with E-state index >= 15 is 0 Å². The summed E-state index contributed by atoms with van der Waals surface area (Å²) in [4.78, 5) is 28.5. The summed E-state index contributed by atoms with van der Waals surface area (Å²) in [5.74, 6) is 0.274. The monoisotopic (exact) mass is 317 g/mol. The number of benzene rings is 1. The van der Waals surface area contributed by atoms with E-state index in [1.807, 2.05) is 31.3 Å². The number of Topliss-reactive ketones (excluding diaryl/α,β-unsaturated/α-hetero) is 1. The van der Waals surface area contributed by atoms with Crippen LogP contribution in [-0.4, -0.2) is 33.1 Å². The second-order valence-corrected chi connectivity index (χ2v) is 6.66. The van der Waals surface area contributed by atoms with Gasteiger partial charge < -0.3 is 14.6 Å². The molecule has 0 aliphatic carbocycles. The number of nitrogens with one attached hydrogen (secondary N) is 1. The van der Waals surface area contributed by atoms with E-state index in [0.29, 0.717) is 5.82 Å². The molecule has 0 saturated heterocycles. The molecule has 0 spiro atoms. The van der Waals surface area contributed by atoms with E-state index in [1.54, 1.807) is 32.3 Å². The number of aromatic nitrogens is 2. The van der Waals surface area contributed by atoms with E-state index in [1.165, 1.54) is 0 Å². The van der Waals surface area contributed by atoms with Crippen molar-refractivity contribution in [1.82, 2.24) is 14.9 Å². The molecule has 1 aromatic heterocycles. The molecular weight excluding hydrogens is 294 g/mol. The van der Waals surface area contributed by atoms with Gasteiger partial charge in [-0.25, -0.2) is 9.78 Å². The van der Waals surface area contributed by atoms with E-state index in [0.717, 1.165) is 11.0 Å². The van der Waals surface area contributed by atoms with Crippen LogP contribution in [0, 0.1) is 0 Å². The first-order chi connectivity index (χ1) is 10.7. The number of carbonyl (C=O) groups is 2. The molecule has 1 amide bonds. The highest BCUT2D eigenvalue weighted by Crippen LogP contribution is 2.16. The van der Waals surface area contributed by atoms with Crippen LogP contribution in [-0.2, 0) is 11.8 Å². The Morgan fingerprint density at radius 1 is 1.30 bits per heavy atom. The van der Waals surface area contributed by atoms with Crippen LogP contribution in [0.4, 0.5) is 4.79 Å². The second-order valence-electron chi connectivity index (χ2n) is 6.66. The van der Waals surface area contributed by atoms with Gasteiger partial charge >= 0.3 is 6.09 Å². The van der Waals surface area contributed by atoms with Crippen LogP contribution in [0.25, 0.3) is 11.0 Å². The van der Waals surface area contributed by atoms with Gasteiger partial charge in [0.2, 0.25) is 0 Å². The maximum Gasteiger partial charge on any atom is 0.407 e. The highest BCUT2D eigenvalue weighted by atomic mass is 16.6. The average molecular weight is 317 g/mol. The molecule has 0 aliphatic rings. The number of aryl methyl sites for hydroxylation is 1. The molecule has 0 aliphatic heterocycles. The molecule has 1 aromatic carbocycles. The lowest BCUT2D eigenvalue weighted by atomic mass is 10.1. The van der Waals surface area contributed by atoms with E-state index < -0.39 is 11.7 Å². The first-order valence-corrected chi connectivity index (χ1v) is 7.61. The zero-order chi connectivity index (χ0) is 17.2. The number of hydrogen-bond acceptors (Lipinski definition) is 4. The Balaban J connectivity index is 2.03. The van der Waals surface area contributed by atoms with Crippen LogP contribution in [0.1, 0.15) is 44.7 Å². The third-order valence-corrected chi connectivity index (χ3v) is 3.29. The maximum absolute atomic E-state index is 12.4. The molecule has 6 heteroatoms. The van der Waals surface area contributed by atoms with Crippen LogP contribution in [0.3, 0.4) is 0 Å². The second kappa shape index (κ2) is 6.40. The van der Waals surface area contributed by atoms with Gasteiger partial charge in [0.25, 0.3) is 0 Å². The molecule has 1 heterocycles. The lowest BCUT2D eigenvalue weighted by Crippen LogP contribution is -2.38. The van der Waals surface area contributed by atoms with Gasteiger partial charge in [-0.2, -0.15) is 0 Å². The topological polar surface area (TPSA) is 73.2 Å². The van der Waals surface area contributed by atoms with Crippen molar-refractivity contribution < 1.29 is 14.3 Å². The number of para-hydroxylation sites is 2. The minimum absolute atomic E-state index is 0.118. The lowest BCUT2D eigenvalue weighted by molar-refractivity contribution is 0.0506. The number of alkyl carbamates (subject to hydrolysis) is 1. The summed E-state index contributed by atoms with van der Waals surface area (Å²) in [6, 6.07) is 7.24. The number of rotatable bonds is 4. The molecule has 0 radical (unpaired) electrons.